The number of hydrogen-bond acceptors (Lipinski definition) is 11. The summed E-state index contributed by atoms with van der Waals surface area (Å²) in [5.74, 6) is 0.757. The highest BCUT2D eigenvalue weighted by Crippen LogP contribution is 2.34. The Morgan fingerprint density at radius 2 is 1.48 bits per heavy atom. The number of nitrogens with one attached hydrogen (secondary N) is 3. The summed E-state index contributed by atoms with van der Waals surface area (Å²) in [5.41, 5.74) is 2.51. The van der Waals surface area contributed by atoms with Gasteiger partial charge in [-0.05, 0) is 85.8 Å². The van der Waals surface area contributed by atoms with Crippen LogP contribution in [0.5, 0.6) is 17.2 Å². The number of hydrogen-bond donors (Lipinski definition) is 4. The van der Waals surface area contributed by atoms with E-state index in [9.17, 15) is 29.6 Å². The van der Waals surface area contributed by atoms with Crippen LogP contribution >= 0.6 is 11.9 Å². The molecule has 5 aromatic carbocycles. The molecule has 0 fully saturated rings. The van der Waals surface area contributed by atoms with Gasteiger partial charge in [-0.15, -0.1) is 0 Å². The molecule has 5 rings (SSSR count). The molecule has 3 atom stereocenters. The molecule has 0 aliphatic heterocycles. The maximum absolute atomic E-state index is 13.6. The second-order valence-electron chi connectivity index (χ2n) is 14.0. The van der Waals surface area contributed by atoms with E-state index in [1.54, 1.807) is 87.0 Å². The molecule has 320 valence electrons. The van der Waals surface area contributed by atoms with E-state index in [1.807, 2.05) is 44.2 Å². The third kappa shape index (κ3) is 12.8. The number of nitrogens with zero attached hydrogens (tertiary/aromatic N) is 2. The zero-order valence-corrected chi connectivity index (χ0v) is 35.4. The first-order chi connectivity index (χ1) is 29.5. The number of amides is 3. The molecule has 0 spiro atoms. The van der Waals surface area contributed by atoms with Gasteiger partial charge < -0.3 is 34.9 Å². The van der Waals surface area contributed by atoms with Crippen molar-refractivity contribution in [2.45, 2.75) is 56.3 Å². The van der Waals surface area contributed by atoms with Crippen LogP contribution < -0.4 is 29.6 Å². The van der Waals surface area contributed by atoms with Gasteiger partial charge in [0.2, 0.25) is 5.91 Å². The van der Waals surface area contributed by atoms with Crippen LogP contribution in [-0.2, 0) is 4.79 Å². The molecule has 3 amide bonds. The standard InChI is InChI=1S/C46H51N5O9S/c1-5-31(2)48-45(54)35-20-25-41(39(29-35)51(56)57)61-47-26-27-50(46(55)34-15-10-7-11-16-34)42(52)17-12-28-60-36-21-18-32(19-22-36)43(49-44(53)33-13-8-6-9-14-33)38-24-23-37(58-3)30-40(38)59-4/h6-11,13-16,18-25,29-31,43,46-47,55H,5,12,17,26-28H2,1-4H3,(H,48,54)(H,49,53)/t31-,43?,46?/m1/s1. The van der Waals surface area contributed by atoms with Crippen LogP contribution in [0, 0.1) is 10.1 Å². The van der Waals surface area contributed by atoms with Gasteiger partial charge in [0.1, 0.15) is 22.1 Å². The van der Waals surface area contributed by atoms with Crippen molar-refractivity contribution < 1.29 is 38.6 Å². The topological polar surface area (TPSA) is 182 Å². The lowest BCUT2D eigenvalue weighted by Gasteiger charge is -2.28. The van der Waals surface area contributed by atoms with Crippen molar-refractivity contribution in [3.8, 4) is 17.2 Å². The van der Waals surface area contributed by atoms with Gasteiger partial charge in [0.15, 0.2) is 6.23 Å². The molecule has 0 heterocycles. The lowest BCUT2D eigenvalue weighted by atomic mass is 9.97. The summed E-state index contributed by atoms with van der Waals surface area (Å²) in [5, 5.41) is 29.1. The molecule has 61 heavy (non-hydrogen) atoms. The Balaban J connectivity index is 1.20. The molecule has 0 radical (unpaired) electrons. The fourth-order valence-electron chi connectivity index (χ4n) is 6.30. The summed E-state index contributed by atoms with van der Waals surface area (Å²) in [6.07, 6.45) is -0.0861. The molecule has 0 aliphatic rings. The molecule has 15 heteroatoms. The van der Waals surface area contributed by atoms with Gasteiger partial charge in [-0.3, -0.25) is 29.2 Å². The molecule has 5 aromatic rings. The number of methoxy groups -OCH3 is 2. The zero-order valence-electron chi connectivity index (χ0n) is 34.5. The van der Waals surface area contributed by atoms with E-state index in [-0.39, 0.29) is 55.2 Å². The Morgan fingerprint density at radius 3 is 2.13 bits per heavy atom. The average molecular weight is 850 g/mol. The Bertz CT molecular complexity index is 2230. The van der Waals surface area contributed by atoms with Crippen molar-refractivity contribution in [1.82, 2.24) is 20.3 Å². The van der Waals surface area contributed by atoms with Crippen molar-refractivity contribution in [1.29, 1.82) is 0 Å². The van der Waals surface area contributed by atoms with Crippen LogP contribution in [0.1, 0.15) is 82.8 Å². The third-order valence-electron chi connectivity index (χ3n) is 9.84. The monoisotopic (exact) mass is 849 g/mol. The summed E-state index contributed by atoms with van der Waals surface area (Å²) in [4.78, 5) is 52.5. The number of aliphatic hydroxyl groups excluding tert-OH is 1. The first-order valence-electron chi connectivity index (χ1n) is 19.8. The highest BCUT2D eigenvalue weighted by molar-refractivity contribution is 7.97. The van der Waals surface area contributed by atoms with E-state index < -0.39 is 23.1 Å². The van der Waals surface area contributed by atoms with E-state index >= 15 is 0 Å². The predicted octanol–water partition coefficient (Wildman–Crippen LogP) is 7.64. The first-order valence-corrected chi connectivity index (χ1v) is 20.7. The average Bonchev–Trinajstić information content (AvgIpc) is 3.29. The number of benzene rings is 5. The quantitative estimate of drug-likeness (QED) is 0.0177. The maximum atomic E-state index is 13.6. The number of ether oxygens (including phenoxy) is 3. The van der Waals surface area contributed by atoms with E-state index in [2.05, 4.69) is 15.4 Å². The molecule has 14 nitrogen and oxygen atoms in total. The minimum absolute atomic E-state index is 0.0750. The lowest BCUT2D eigenvalue weighted by molar-refractivity contribution is -0.387. The molecule has 0 bridgehead atoms. The number of rotatable bonds is 22. The zero-order chi connectivity index (χ0) is 43.7. The van der Waals surface area contributed by atoms with Gasteiger partial charge in [0, 0.05) is 59.9 Å². The van der Waals surface area contributed by atoms with Gasteiger partial charge in [-0.1, -0.05) is 67.6 Å². The highest BCUT2D eigenvalue weighted by Gasteiger charge is 2.25. The minimum Gasteiger partial charge on any atom is -0.497 e. The summed E-state index contributed by atoms with van der Waals surface area (Å²) < 4.78 is 20.1. The fourth-order valence-corrected chi connectivity index (χ4v) is 7.02. The molecule has 2 unspecified atom stereocenters. The summed E-state index contributed by atoms with van der Waals surface area (Å²) in [6.45, 7) is 4.28. The normalized spacial score (nSPS) is 12.3. The Hall–Kier alpha value is -6.42. The van der Waals surface area contributed by atoms with E-state index in [0.717, 1.165) is 29.5 Å². The number of nitro benzene ring substituents is 1. The second-order valence-corrected chi connectivity index (χ2v) is 14.9. The summed E-state index contributed by atoms with van der Waals surface area (Å²) >= 11 is 1.01. The van der Waals surface area contributed by atoms with Crippen LogP contribution in [0.15, 0.2) is 126 Å². The van der Waals surface area contributed by atoms with Crippen molar-refractivity contribution in [3.63, 3.8) is 0 Å². The maximum Gasteiger partial charge on any atom is 0.284 e. The van der Waals surface area contributed by atoms with Crippen molar-refractivity contribution in [2.24, 2.45) is 0 Å². The van der Waals surface area contributed by atoms with Crippen LogP contribution in [0.25, 0.3) is 0 Å². The smallest absolute Gasteiger partial charge is 0.284 e. The molecule has 4 N–H and O–H groups in total. The molecular formula is C46H51N5O9S. The van der Waals surface area contributed by atoms with Gasteiger partial charge >= 0.3 is 0 Å². The number of carbonyl (C=O) groups is 3. The van der Waals surface area contributed by atoms with Crippen molar-refractivity contribution in [2.75, 3.05) is 33.9 Å². The Labute approximate surface area is 359 Å². The van der Waals surface area contributed by atoms with Crippen molar-refractivity contribution >= 4 is 35.4 Å². The Kier molecular flexibility index (Phi) is 17.1. The SMILES string of the molecule is CC[C@@H](C)NC(=O)c1ccc(SNCCN(C(=O)CCCOc2ccc(C(NC(=O)c3ccccc3)c3ccc(OC)cc3OC)cc2)C(O)c2ccccc2)c([N+](=O)[O-])c1. The van der Waals surface area contributed by atoms with Gasteiger partial charge in [0.05, 0.1) is 31.8 Å². The number of nitro groups is 1. The third-order valence-corrected chi connectivity index (χ3v) is 10.8. The van der Waals surface area contributed by atoms with Gasteiger partial charge in [0.25, 0.3) is 17.5 Å². The number of aliphatic hydroxyl groups is 1. The summed E-state index contributed by atoms with van der Waals surface area (Å²) in [6, 6.07) is 34.1. The van der Waals surface area contributed by atoms with Crippen LogP contribution in [0.2, 0.25) is 0 Å². The van der Waals surface area contributed by atoms with Gasteiger partial charge in [-0.2, -0.15) is 0 Å². The molecular weight excluding hydrogens is 799 g/mol. The van der Waals surface area contributed by atoms with E-state index in [1.165, 1.54) is 23.1 Å². The van der Waals surface area contributed by atoms with E-state index in [4.69, 9.17) is 14.2 Å². The van der Waals surface area contributed by atoms with Crippen LogP contribution in [0.3, 0.4) is 0 Å². The lowest BCUT2D eigenvalue weighted by Crippen LogP contribution is -2.38. The number of carbonyl (C=O) groups excluding carboxylic acids is 3. The van der Waals surface area contributed by atoms with Gasteiger partial charge in [-0.25, -0.2) is 0 Å². The highest BCUT2D eigenvalue weighted by atomic mass is 32.2. The largest absolute Gasteiger partial charge is 0.497 e. The predicted molar refractivity (Wildman–Crippen MR) is 234 cm³/mol. The molecule has 0 saturated carbocycles. The van der Waals surface area contributed by atoms with Crippen molar-refractivity contribution in [3.05, 3.63) is 159 Å². The molecule has 0 saturated heterocycles. The van der Waals surface area contributed by atoms with E-state index in [0.29, 0.717) is 39.7 Å². The first kappa shape index (κ1) is 45.7. The summed E-state index contributed by atoms with van der Waals surface area (Å²) in [7, 11) is 3.13. The fraction of sp³-hybridized carbons (Fsp3) is 0.283. The van der Waals surface area contributed by atoms with Crippen LogP contribution in [0.4, 0.5) is 5.69 Å². The Morgan fingerprint density at radius 1 is 0.803 bits per heavy atom. The molecule has 0 aromatic heterocycles. The second kappa shape index (κ2) is 22.8. The molecule has 0 aliphatic carbocycles. The minimum atomic E-state index is -1.23. The van der Waals surface area contributed by atoms with Crippen LogP contribution in [-0.4, -0.2) is 72.6 Å².